The number of aromatic nitrogens is 2. The van der Waals surface area contributed by atoms with Crippen LogP contribution in [0, 0.1) is 12.8 Å². The maximum atomic E-state index is 13.0. The van der Waals surface area contributed by atoms with E-state index in [2.05, 4.69) is 33.9 Å². The first kappa shape index (κ1) is 21.8. The van der Waals surface area contributed by atoms with Crippen molar-refractivity contribution in [3.8, 4) is 0 Å². The van der Waals surface area contributed by atoms with E-state index in [9.17, 15) is 4.79 Å². The summed E-state index contributed by atoms with van der Waals surface area (Å²) in [5.74, 6) is 1.83. The van der Waals surface area contributed by atoms with E-state index in [4.69, 9.17) is 9.72 Å². The molecular formula is C23H34N4O2S. The van der Waals surface area contributed by atoms with Gasteiger partial charge in [-0.1, -0.05) is 23.9 Å². The van der Waals surface area contributed by atoms with Gasteiger partial charge in [0.2, 0.25) is 5.91 Å². The molecule has 1 aromatic heterocycles. The Morgan fingerprint density at radius 1 is 1.23 bits per heavy atom. The van der Waals surface area contributed by atoms with Gasteiger partial charge in [-0.15, -0.1) is 0 Å². The first-order valence-electron chi connectivity index (χ1n) is 11.4. The van der Waals surface area contributed by atoms with Gasteiger partial charge >= 0.3 is 0 Å². The summed E-state index contributed by atoms with van der Waals surface area (Å²) in [5.41, 5.74) is 2.28. The van der Waals surface area contributed by atoms with Crippen molar-refractivity contribution >= 4 is 17.7 Å². The van der Waals surface area contributed by atoms with Crippen molar-refractivity contribution in [3.63, 3.8) is 0 Å². The molecule has 164 valence electrons. The molecule has 30 heavy (non-hydrogen) atoms. The molecule has 1 aromatic rings. The van der Waals surface area contributed by atoms with E-state index in [1.54, 1.807) is 11.8 Å². The molecule has 7 heteroatoms. The SMILES string of the molecule is Cc1cnc(SCCN2CCOCC2)nc1[C@@H]1CCCN(C(=O)[C@H]2CC=CCC2)C1. The van der Waals surface area contributed by atoms with Gasteiger partial charge in [0.05, 0.1) is 18.9 Å². The second-order valence-corrected chi connectivity index (χ2v) is 9.69. The highest BCUT2D eigenvalue weighted by atomic mass is 32.2. The fourth-order valence-electron chi connectivity index (χ4n) is 4.69. The molecule has 2 saturated heterocycles. The smallest absolute Gasteiger partial charge is 0.226 e. The van der Waals surface area contributed by atoms with Gasteiger partial charge in [0.1, 0.15) is 0 Å². The molecule has 3 heterocycles. The molecule has 0 bridgehead atoms. The van der Waals surface area contributed by atoms with Gasteiger partial charge in [0.15, 0.2) is 5.16 Å². The van der Waals surface area contributed by atoms with Gasteiger partial charge in [0, 0.05) is 56.5 Å². The maximum Gasteiger partial charge on any atom is 0.226 e. The van der Waals surface area contributed by atoms with Crippen molar-refractivity contribution in [1.82, 2.24) is 19.8 Å². The molecule has 0 spiro atoms. The van der Waals surface area contributed by atoms with Crippen molar-refractivity contribution in [2.45, 2.75) is 50.1 Å². The molecular weight excluding hydrogens is 396 g/mol. The zero-order valence-corrected chi connectivity index (χ0v) is 18.9. The molecule has 2 aliphatic heterocycles. The Kier molecular flexibility index (Phi) is 7.79. The van der Waals surface area contributed by atoms with Crippen LogP contribution in [0.3, 0.4) is 0 Å². The number of amides is 1. The van der Waals surface area contributed by atoms with Crippen LogP contribution in [0.4, 0.5) is 0 Å². The van der Waals surface area contributed by atoms with Crippen molar-refractivity contribution in [1.29, 1.82) is 0 Å². The van der Waals surface area contributed by atoms with Crippen LogP contribution in [0.15, 0.2) is 23.5 Å². The highest BCUT2D eigenvalue weighted by Crippen LogP contribution is 2.31. The quantitative estimate of drug-likeness (QED) is 0.392. The fourth-order valence-corrected chi connectivity index (χ4v) is 5.51. The third kappa shape index (κ3) is 5.62. The van der Waals surface area contributed by atoms with Crippen molar-refractivity contribution < 1.29 is 9.53 Å². The van der Waals surface area contributed by atoms with Gasteiger partial charge in [-0.2, -0.15) is 0 Å². The zero-order valence-electron chi connectivity index (χ0n) is 18.1. The van der Waals surface area contributed by atoms with Gasteiger partial charge in [-0.25, -0.2) is 9.97 Å². The fraction of sp³-hybridized carbons (Fsp3) is 0.696. The normalized spacial score (nSPS) is 25.4. The lowest BCUT2D eigenvalue weighted by Crippen LogP contribution is -2.42. The summed E-state index contributed by atoms with van der Waals surface area (Å²) in [6.45, 7) is 8.54. The van der Waals surface area contributed by atoms with Gasteiger partial charge in [-0.05, 0) is 44.6 Å². The number of hydrogen-bond donors (Lipinski definition) is 0. The van der Waals surface area contributed by atoms with Crippen LogP contribution in [-0.4, -0.2) is 77.4 Å². The van der Waals surface area contributed by atoms with E-state index in [1.165, 1.54) is 0 Å². The number of carbonyl (C=O) groups excluding carboxylic acids is 1. The molecule has 0 radical (unpaired) electrons. The summed E-state index contributed by atoms with van der Waals surface area (Å²) in [6.07, 6.45) is 11.4. The van der Waals surface area contributed by atoms with Gasteiger partial charge in [0.25, 0.3) is 0 Å². The summed E-state index contributed by atoms with van der Waals surface area (Å²) >= 11 is 1.74. The Morgan fingerprint density at radius 2 is 2.10 bits per heavy atom. The van der Waals surface area contributed by atoms with Gasteiger partial charge < -0.3 is 9.64 Å². The number of hydrogen-bond acceptors (Lipinski definition) is 6. The topological polar surface area (TPSA) is 58.6 Å². The van der Waals surface area contributed by atoms with Crippen LogP contribution in [-0.2, 0) is 9.53 Å². The van der Waals surface area contributed by atoms with Crippen LogP contribution in [0.1, 0.15) is 49.3 Å². The number of morpholine rings is 1. The summed E-state index contributed by atoms with van der Waals surface area (Å²) in [4.78, 5) is 27.1. The summed E-state index contributed by atoms with van der Waals surface area (Å²) in [6, 6.07) is 0. The van der Waals surface area contributed by atoms with E-state index in [0.29, 0.717) is 11.8 Å². The number of ether oxygens (including phenoxy) is 1. The predicted molar refractivity (Wildman–Crippen MR) is 120 cm³/mol. The van der Waals surface area contributed by atoms with Crippen LogP contribution in [0.25, 0.3) is 0 Å². The lowest BCUT2D eigenvalue weighted by molar-refractivity contribution is -0.137. The molecule has 1 aliphatic carbocycles. The molecule has 0 saturated carbocycles. The number of thioether (sulfide) groups is 1. The van der Waals surface area contributed by atoms with E-state index < -0.39 is 0 Å². The molecule has 6 nitrogen and oxygen atoms in total. The van der Waals surface area contributed by atoms with E-state index in [0.717, 1.165) is 100 Å². The highest BCUT2D eigenvalue weighted by molar-refractivity contribution is 7.99. The molecule has 2 atom stereocenters. The van der Waals surface area contributed by atoms with E-state index in [1.807, 2.05) is 6.20 Å². The predicted octanol–water partition coefficient (Wildman–Crippen LogP) is 3.27. The minimum absolute atomic E-state index is 0.173. The maximum absolute atomic E-state index is 13.0. The number of rotatable bonds is 6. The van der Waals surface area contributed by atoms with Crippen LogP contribution < -0.4 is 0 Å². The lowest BCUT2D eigenvalue weighted by atomic mass is 9.89. The second-order valence-electron chi connectivity index (χ2n) is 8.63. The molecule has 0 unspecified atom stereocenters. The monoisotopic (exact) mass is 430 g/mol. The van der Waals surface area contributed by atoms with Crippen molar-refractivity contribution in [2.24, 2.45) is 5.92 Å². The van der Waals surface area contributed by atoms with Crippen LogP contribution >= 0.6 is 11.8 Å². The van der Waals surface area contributed by atoms with Crippen molar-refractivity contribution in [2.75, 3.05) is 51.7 Å². The molecule has 4 rings (SSSR count). The highest BCUT2D eigenvalue weighted by Gasteiger charge is 2.30. The third-order valence-electron chi connectivity index (χ3n) is 6.47. The third-order valence-corrected chi connectivity index (χ3v) is 7.31. The van der Waals surface area contributed by atoms with Crippen LogP contribution in [0.5, 0.6) is 0 Å². The molecule has 0 aromatic carbocycles. The molecule has 0 N–H and O–H groups in total. The number of carbonyl (C=O) groups is 1. The Labute approximate surface area is 184 Å². The molecule has 2 fully saturated rings. The minimum atomic E-state index is 0.173. The first-order chi connectivity index (χ1) is 14.7. The van der Waals surface area contributed by atoms with E-state index >= 15 is 0 Å². The minimum Gasteiger partial charge on any atom is -0.379 e. The average molecular weight is 431 g/mol. The largest absolute Gasteiger partial charge is 0.379 e. The number of piperidine rings is 1. The summed E-state index contributed by atoms with van der Waals surface area (Å²) in [7, 11) is 0. The van der Waals surface area contributed by atoms with Crippen molar-refractivity contribution in [3.05, 3.63) is 29.6 Å². The summed E-state index contributed by atoms with van der Waals surface area (Å²) in [5, 5.41) is 0.865. The number of aryl methyl sites for hydroxylation is 1. The Bertz CT molecular complexity index is 751. The molecule has 3 aliphatic rings. The standard InChI is InChI=1S/C23H34N4O2S/c1-18-16-24-23(30-15-12-26-10-13-29-14-11-26)25-21(18)20-8-5-9-27(17-20)22(28)19-6-3-2-4-7-19/h2-3,16,19-20H,4-15,17H2,1H3/t19-,20+/m0/s1. The zero-order chi connectivity index (χ0) is 20.8. The summed E-state index contributed by atoms with van der Waals surface area (Å²) < 4.78 is 5.42. The second kappa shape index (κ2) is 10.7. The number of likely N-dealkylation sites (tertiary alicyclic amines) is 1. The van der Waals surface area contributed by atoms with Crippen LogP contribution in [0.2, 0.25) is 0 Å². The Morgan fingerprint density at radius 3 is 2.90 bits per heavy atom. The number of allylic oxidation sites excluding steroid dienone is 2. The number of nitrogens with zero attached hydrogens (tertiary/aromatic N) is 4. The van der Waals surface area contributed by atoms with Gasteiger partial charge in [-0.3, -0.25) is 9.69 Å². The first-order valence-corrected chi connectivity index (χ1v) is 12.4. The van der Waals surface area contributed by atoms with E-state index in [-0.39, 0.29) is 5.92 Å². The average Bonchev–Trinajstić information content (AvgIpc) is 2.81. The molecule has 1 amide bonds. The lowest BCUT2D eigenvalue weighted by Gasteiger charge is -2.35. The Hall–Kier alpha value is -1.44. The Balaban J connectivity index is 1.35.